The van der Waals surface area contributed by atoms with Crippen LogP contribution in [0.4, 0.5) is 11.4 Å². The van der Waals surface area contributed by atoms with Crippen molar-refractivity contribution in [1.82, 2.24) is 9.88 Å². The molecule has 10 heteroatoms. The van der Waals surface area contributed by atoms with E-state index in [1.165, 1.54) is 28.7 Å². The van der Waals surface area contributed by atoms with E-state index in [1.54, 1.807) is 23.1 Å². The Kier molecular flexibility index (Phi) is 5.79. The topological polar surface area (TPSA) is 79.6 Å². The summed E-state index contributed by atoms with van der Waals surface area (Å²) in [5.74, 6) is 0.0215. The van der Waals surface area contributed by atoms with Gasteiger partial charge in [-0.2, -0.15) is 0 Å². The van der Waals surface area contributed by atoms with Crippen LogP contribution in [0.2, 0.25) is 4.34 Å². The van der Waals surface area contributed by atoms with Crippen LogP contribution in [0.15, 0.2) is 41.8 Å². The molecule has 2 aromatic heterocycles. The summed E-state index contributed by atoms with van der Waals surface area (Å²) in [6.45, 7) is 2.18. The number of carbonyl (C=O) groups is 1. The molecule has 3 aromatic rings. The van der Waals surface area contributed by atoms with Gasteiger partial charge in [-0.25, -0.2) is 4.98 Å². The number of aromatic nitrogens is 1. The van der Waals surface area contributed by atoms with E-state index in [4.69, 9.17) is 11.6 Å². The van der Waals surface area contributed by atoms with Crippen molar-refractivity contribution in [3.8, 4) is 9.88 Å². The van der Waals surface area contributed by atoms with Crippen LogP contribution in [0.1, 0.15) is 5.69 Å². The number of nitrogens with zero attached hydrogens (tertiary/aromatic N) is 4. The molecule has 150 valence electrons. The maximum atomic E-state index is 12.7. The zero-order valence-electron chi connectivity index (χ0n) is 15.3. The summed E-state index contributed by atoms with van der Waals surface area (Å²) in [6.07, 6.45) is 0.251. The van der Waals surface area contributed by atoms with E-state index in [-0.39, 0.29) is 22.9 Å². The molecule has 1 aromatic carbocycles. The molecule has 0 atom stereocenters. The quantitative estimate of drug-likeness (QED) is 0.429. The lowest BCUT2D eigenvalue weighted by atomic mass is 10.2. The van der Waals surface area contributed by atoms with Crippen molar-refractivity contribution in [3.05, 3.63) is 61.9 Å². The van der Waals surface area contributed by atoms with E-state index in [9.17, 15) is 14.9 Å². The molecule has 0 radical (unpaired) electrons. The van der Waals surface area contributed by atoms with Crippen molar-refractivity contribution in [2.24, 2.45) is 0 Å². The van der Waals surface area contributed by atoms with Crippen LogP contribution < -0.4 is 4.90 Å². The SMILES string of the molecule is O=C(Cc1csc(-c2ccc(Cl)s2)n1)N1CCN(c2ccccc2[N+](=O)[O-])CC1. The third-order valence-electron chi connectivity index (χ3n) is 4.72. The zero-order valence-corrected chi connectivity index (χ0v) is 17.7. The number of thiophene rings is 1. The van der Waals surface area contributed by atoms with Gasteiger partial charge in [0.25, 0.3) is 5.69 Å². The second-order valence-electron chi connectivity index (χ2n) is 6.54. The fraction of sp³-hybridized carbons (Fsp3) is 0.263. The molecule has 1 aliphatic heterocycles. The molecular formula is C19H17ClN4O3S2. The fourth-order valence-corrected chi connectivity index (χ4v) is 5.21. The third-order valence-corrected chi connectivity index (χ3v) is 7.01. The first-order valence-electron chi connectivity index (χ1n) is 8.97. The first-order valence-corrected chi connectivity index (χ1v) is 11.0. The first-order chi connectivity index (χ1) is 14.0. The minimum Gasteiger partial charge on any atom is -0.362 e. The number of piperazine rings is 1. The minimum absolute atomic E-state index is 0.0215. The second kappa shape index (κ2) is 8.48. The summed E-state index contributed by atoms with van der Waals surface area (Å²) < 4.78 is 0.712. The van der Waals surface area contributed by atoms with Crippen molar-refractivity contribution in [2.75, 3.05) is 31.1 Å². The lowest BCUT2D eigenvalue weighted by molar-refractivity contribution is -0.384. The van der Waals surface area contributed by atoms with Gasteiger partial charge in [0.1, 0.15) is 10.7 Å². The van der Waals surface area contributed by atoms with E-state index in [2.05, 4.69) is 4.98 Å². The Labute approximate surface area is 180 Å². The molecule has 29 heavy (non-hydrogen) atoms. The lowest BCUT2D eigenvalue weighted by Gasteiger charge is -2.35. The van der Waals surface area contributed by atoms with Crippen LogP contribution in [0.3, 0.4) is 0 Å². The number of nitro benzene ring substituents is 1. The number of hydrogen-bond donors (Lipinski definition) is 0. The molecule has 0 spiro atoms. The molecule has 0 saturated carbocycles. The number of thiazole rings is 1. The van der Waals surface area contributed by atoms with Gasteiger partial charge >= 0.3 is 0 Å². The molecule has 3 heterocycles. The number of hydrogen-bond acceptors (Lipinski definition) is 7. The summed E-state index contributed by atoms with van der Waals surface area (Å²) in [5, 5.41) is 14.0. The van der Waals surface area contributed by atoms with Gasteiger partial charge in [0.15, 0.2) is 0 Å². The van der Waals surface area contributed by atoms with E-state index in [0.717, 1.165) is 15.6 Å². The Bertz CT molecular complexity index is 1040. The first kappa shape index (κ1) is 19.8. The monoisotopic (exact) mass is 448 g/mol. The molecular weight excluding hydrogens is 432 g/mol. The Balaban J connectivity index is 1.36. The third kappa shape index (κ3) is 4.42. The number of benzene rings is 1. The fourth-order valence-electron chi connectivity index (χ4n) is 3.28. The molecule has 1 fully saturated rings. The van der Waals surface area contributed by atoms with Crippen molar-refractivity contribution in [1.29, 1.82) is 0 Å². The molecule has 0 unspecified atom stereocenters. The highest BCUT2D eigenvalue weighted by molar-refractivity contribution is 7.23. The normalized spacial score (nSPS) is 14.2. The molecule has 1 aliphatic rings. The van der Waals surface area contributed by atoms with Gasteiger partial charge < -0.3 is 9.80 Å². The minimum atomic E-state index is -0.368. The van der Waals surface area contributed by atoms with Crippen molar-refractivity contribution in [3.63, 3.8) is 0 Å². The number of anilines is 1. The van der Waals surface area contributed by atoms with Gasteiger partial charge in [0.05, 0.1) is 26.3 Å². The largest absolute Gasteiger partial charge is 0.362 e. The number of nitro groups is 1. The van der Waals surface area contributed by atoms with Gasteiger partial charge in [0.2, 0.25) is 5.91 Å². The Morgan fingerprint density at radius 2 is 1.93 bits per heavy atom. The van der Waals surface area contributed by atoms with Gasteiger partial charge in [-0.1, -0.05) is 23.7 Å². The van der Waals surface area contributed by atoms with Crippen LogP contribution in [-0.2, 0) is 11.2 Å². The van der Waals surface area contributed by atoms with Crippen LogP contribution >= 0.6 is 34.3 Å². The molecule has 4 rings (SSSR count). The number of carbonyl (C=O) groups excluding carboxylic acids is 1. The molecule has 1 saturated heterocycles. The Morgan fingerprint density at radius 3 is 2.62 bits per heavy atom. The zero-order chi connectivity index (χ0) is 20.4. The van der Waals surface area contributed by atoms with Crippen molar-refractivity contribution < 1.29 is 9.72 Å². The van der Waals surface area contributed by atoms with Crippen LogP contribution in [0.5, 0.6) is 0 Å². The highest BCUT2D eigenvalue weighted by Gasteiger charge is 2.25. The van der Waals surface area contributed by atoms with Crippen LogP contribution in [-0.4, -0.2) is 46.9 Å². The standard InChI is InChI=1S/C19H17ClN4O3S2/c20-17-6-5-16(29-17)19-21-13(12-28-19)11-18(25)23-9-7-22(8-10-23)14-3-1-2-4-15(14)24(26)27/h1-6,12H,7-11H2. The number of para-hydroxylation sites is 2. The predicted octanol–water partition coefficient (Wildman–Crippen LogP) is 4.32. The smallest absolute Gasteiger partial charge is 0.292 e. The van der Waals surface area contributed by atoms with E-state index in [1.807, 2.05) is 22.4 Å². The summed E-state index contributed by atoms with van der Waals surface area (Å²) in [5.41, 5.74) is 1.44. The van der Waals surface area contributed by atoms with Gasteiger partial charge in [0, 0.05) is 37.6 Å². The predicted molar refractivity (Wildman–Crippen MR) is 116 cm³/mol. The molecule has 0 aliphatic carbocycles. The average molecular weight is 449 g/mol. The maximum Gasteiger partial charge on any atom is 0.292 e. The van der Waals surface area contributed by atoms with Gasteiger partial charge in [-0.05, 0) is 18.2 Å². The highest BCUT2D eigenvalue weighted by Crippen LogP contribution is 2.33. The Morgan fingerprint density at radius 1 is 1.17 bits per heavy atom. The van der Waals surface area contributed by atoms with E-state index < -0.39 is 0 Å². The summed E-state index contributed by atoms with van der Waals surface area (Å²) in [6, 6.07) is 10.5. The van der Waals surface area contributed by atoms with Crippen LogP contribution in [0, 0.1) is 10.1 Å². The number of halogens is 1. The van der Waals surface area contributed by atoms with Crippen molar-refractivity contribution >= 4 is 51.6 Å². The van der Waals surface area contributed by atoms with Gasteiger partial charge in [-0.3, -0.25) is 14.9 Å². The molecule has 1 amide bonds. The Hall–Kier alpha value is -2.49. The number of rotatable bonds is 5. The summed E-state index contributed by atoms with van der Waals surface area (Å²) in [7, 11) is 0. The summed E-state index contributed by atoms with van der Waals surface area (Å²) in [4.78, 5) is 32.9. The van der Waals surface area contributed by atoms with Crippen molar-refractivity contribution in [2.45, 2.75) is 6.42 Å². The van der Waals surface area contributed by atoms with E-state index >= 15 is 0 Å². The molecule has 7 nitrogen and oxygen atoms in total. The summed E-state index contributed by atoms with van der Waals surface area (Å²) >= 11 is 8.95. The van der Waals surface area contributed by atoms with E-state index in [0.29, 0.717) is 36.2 Å². The number of amides is 1. The molecule has 0 N–H and O–H groups in total. The van der Waals surface area contributed by atoms with Gasteiger partial charge in [-0.15, -0.1) is 22.7 Å². The lowest BCUT2D eigenvalue weighted by Crippen LogP contribution is -2.49. The highest BCUT2D eigenvalue weighted by atomic mass is 35.5. The maximum absolute atomic E-state index is 12.7. The second-order valence-corrected chi connectivity index (χ2v) is 9.11. The van der Waals surface area contributed by atoms with Crippen LogP contribution in [0.25, 0.3) is 9.88 Å². The average Bonchev–Trinajstić information content (AvgIpc) is 3.37. The molecule has 0 bridgehead atoms.